The van der Waals surface area contributed by atoms with Gasteiger partial charge >= 0.3 is 0 Å². The van der Waals surface area contributed by atoms with Gasteiger partial charge in [0.15, 0.2) is 0 Å². The number of azo groups is 1. The minimum atomic E-state index is 0.750. The van der Waals surface area contributed by atoms with Crippen molar-refractivity contribution in [1.29, 1.82) is 0 Å². The Morgan fingerprint density at radius 1 is 1.14 bits per heavy atom. The highest BCUT2D eigenvalue weighted by Gasteiger charge is 2.02. The summed E-state index contributed by atoms with van der Waals surface area (Å²) < 4.78 is 0. The first kappa shape index (κ1) is 15.7. The molecule has 0 aromatic heterocycles. The maximum absolute atomic E-state index is 6.00. The summed E-state index contributed by atoms with van der Waals surface area (Å²) in [5.74, 6) is 0. The van der Waals surface area contributed by atoms with Crippen LogP contribution in [0.25, 0.3) is 10.8 Å². The van der Waals surface area contributed by atoms with Crippen molar-refractivity contribution in [3.05, 3.63) is 72.5 Å². The Hall–Kier alpha value is -2.68. The van der Waals surface area contributed by atoms with Crippen molar-refractivity contribution in [1.82, 2.24) is 0 Å². The number of fused-ring (bicyclic) bond motifs is 1. The molecule has 112 valence electrons. The van der Waals surface area contributed by atoms with E-state index in [4.69, 9.17) is 5.73 Å². The third-order valence-electron chi connectivity index (χ3n) is 3.45. The minimum Gasteiger partial charge on any atom is -0.398 e. The summed E-state index contributed by atoms with van der Waals surface area (Å²) in [5, 5.41) is 10.7. The van der Waals surface area contributed by atoms with Gasteiger partial charge in [0, 0.05) is 16.5 Å². The number of nitrogen functional groups attached to an aromatic ring is 1. The first-order valence-corrected chi connectivity index (χ1v) is 7.36. The molecule has 0 spiro atoms. The molecule has 0 aliphatic rings. The summed E-state index contributed by atoms with van der Waals surface area (Å²) in [7, 11) is 0. The summed E-state index contributed by atoms with van der Waals surface area (Å²) in [6.07, 6.45) is 6.74. The molecule has 3 nitrogen and oxygen atoms in total. The van der Waals surface area contributed by atoms with E-state index in [1.54, 1.807) is 0 Å². The van der Waals surface area contributed by atoms with Crippen LogP contribution in [0.5, 0.6) is 0 Å². The SMILES string of the molecule is C=C(/C=C\C(=C/C)N=Nc1ccc(N)c2ccccc12)CC. The second kappa shape index (κ2) is 7.36. The molecule has 0 saturated carbocycles. The van der Waals surface area contributed by atoms with Gasteiger partial charge < -0.3 is 5.73 Å². The van der Waals surface area contributed by atoms with Crippen LogP contribution in [0.3, 0.4) is 0 Å². The van der Waals surface area contributed by atoms with E-state index in [0.717, 1.165) is 39.8 Å². The zero-order valence-corrected chi connectivity index (χ0v) is 13.1. The maximum Gasteiger partial charge on any atom is 0.0936 e. The lowest BCUT2D eigenvalue weighted by Crippen LogP contribution is -1.86. The summed E-state index contributed by atoms with van der Waals surface area (Å²) in [4.78, 5) is 0. The highest BCUT2D eigenvalue weighted by molar-refractivity contribution is 5.99. The van der Waals surface area contributed by atoms with Crippen LogP contribution in [0, 0.1) is 0 Å². The van der Waals surface area contributed by atoms with Gasteiger partial charge in [-0.1, -0.05) is 55.5 Å². The molecule has 2 N–H and O–H groups in total. The van der Waals surface area contributed by atoms with E-state index in [-0.39, 0.29) is 0 Å². The van der Waals surface area contributed by atoms with E-state index >= 15 is 0 Å². The molecule has 2 aromatic rings. The zero-order chi connectivity index (χ0) is 15.9. The lowest BCUT2D eigenvalue weighted by molar-refractivity contribution is 1.14. The van der Waals surface area contributed by atoms with Crippen LogP contribution in [0.15, 0.2) is 82.7 Å². The number of allylic oxidation sites excluding steroid dienone is 4. The number of anilines is 1. The van der Waals surface area contributed by atoms with Gasteiger partial charge in [-0.15, -0.1) is 5.11 Å². The smallest absolute Gasteiger partial charge is 0.0936 e. The first-order chi connectivity index (χ1) is 10.7. The van der Waals surface area contributed by atoms with Crippen LogP contribution in [0.2, 0.25) is 0 Å². The molecule has 2 aromatic carbocycles. The summed E-state index contributed by atoms with van der Waals surface area (Å²) in [6, 6.07) is 11.7. The fourth-order valence-corrected chi connectivity index (χ4v) is 2.01. The van der Waals surface area contributed by atoms with Gasteiger partial charge in [0.25, 0.3) is 0 Å². The molecule has 2 rings (SSSR count). The third kappa shape index (κ3) is 3.70. The Kier molecular flexibility index (Phi) is 5.26. The van der Waals surface area contributed by atoms with E-state index in [2.05, 4.69) is 23.7 Å². The normalized spacial score (nSPS) is 12.5. The van der Waals surface area contributed by atoms with Crippen molar-refractivity contribution in [2.24, 2.45) is 10.2 Å². The number of nitrogens with two attached hydrogens (primary N) is 1. The van der Waals surface area contributed by atoms with Gasteiger partial charge in [0.1, 0.15) is 0 Å². The number of hydrogen-bond acceptors (Lipinski definition) is 3. The highest BCUT2D eigenvalue weighted by Crippen LogP contribution is 2.30. The van der Waals surface area contributed by atoms with Crippen molar-refractivity contribution < 1.29 is 0 Å². The van der Waals surface area contributed by atoms with Crippen molar-refractivity contribution in [3.63, 3.8) is 0 Å². The Labute approximate surface area is 131 Å². The molecule has 0 atom stereocenters. The van der Waals surface area contributed by atoms with Crippen molar-refractivity contribution >= 4 is 22.1 Å². The van der Waals surface area contributed by atoms with Crippen LogP contribution < -0.4 is 5.73 Å². The molecule has 0 unspecified atom stereocenters. The summed E-state index contributed by atoms with van der Waals surface area (Å²) in [5.41, 5.74) is 9.42. The molecule has 0 radical (unpaired) electrons. The molecule has 22 heavy (non-hydrogen) atoms. The quantitative estimate of drug-likeness (QED) is 0.414. The third-order valence-corrected chi connectivity index (χ3v) is 3.45. The average Bonchev–Trinajstić information content (AvgIpc) is 2.56. The molecule has 0 heterocycles. The monoisotopic (exact) mass is 291 g/mol. The van der Waals surface area contributed by atoms with Gasteiger partial charge in [0.2, 0.25) is 0 Å². The largest absolute Gasteiger partial charge is 0.398 e. The van der Waals surface area contributed by atoms with Gasteiger partial charge in [-0.2, -0.15) is 5.11 Å². The fraction of sp³-hybridized carbons (Fsp3) is 0.158. The van der Waals surface area contributed by atoms with Crippen molar-refractivity contribution in [2.45, 2.75) is 20.3 Å². The Morgan fingerprint density at radius 3 is 2.55 bits per heavy atom. The van der Waals surface area contributed by atoms with E-state index in [0.29, 0.717) is 0 Å². The lowest BCUT2D eigenvalue weighted by atomic mass is 10.1. The Balaban J connectivity index is 2.32. The number of rotatable bonds is 5. The molecule has 0 fully saturated rings. The van der Waals surface area contributed by atoms with Gasteiger partial charge in [-0.05, 0) is 31.6 Å². The van der Waals surface area contributed by atoms with Crippen LogP contribution in [0.4, 0.5) is 11.4 Å². The van der Waals surface area contributed by atoms with Crippen LogP contribution >= 0.6 is 0 Å². The van der Waals surface area contributed by atoms with E-state index in [1.807, 2.05) is 61.5 Å². The predicted octanol–water partition coefficient (Wildman–Crippen LogP) is 5.93. The number of benzene rings is 2. The molecular formula is C19H21N3. The van der Waals surface area contributed by atoms with Gasteiger partial charge in [-0.3, -0.25) is 0 Å². The second-order valence-corrected chi connectivity index (χ2v) is 4.98. The molecule has 0 amide bonds. The van der Waals surface area contributed by atoms with Crippen molar-refractivity contribution in [2.75, 3.05) is 5.73 Å². The second-order valence-electron chi connectivity index (χ2n) is 4.98. The Morgan fingerprint density at radius 2 is 1.86 bits per heavy atom. The van der Waals surface area contributed by atoms with Crippen LogP contribution in [-0.2, 0) is 0 Å². The standard InChI is InChI=1S/C19H21N3/c1-4-14(3)10-11-15(5-2)21-22-19-13-12-18(20)16-8-6-7-9-17(16)19/h5-13H,3-4,20H2,1-2H3/b11-10-,15-5+,22-21?. The molecule has 0 bridgehead atoms. The maximum atomic E-state index is 6.00. The van der Waals surface area contributed by atoms with E-state index < -0.39 is 0 Å². The van der Waals surface area contributed by atoms with E-state index in [9.17, 15) is 0 Å². The van der Waals surface area contributed by atoms with Crippen LogP contribution in [0.1, 0.15) is 20.3 Å². The highest BCUT2D eigenvalue weighted by atomic mass is 15.1. The topological polar surface area (TPSA) is 50.7 Å². The predicted molar refractivity (Wildman–Crippen MR) is 95.2 cm³/mol. The molecule has 3 heteroatoms. The first-order valence-electron chi connectivity index (χ1n) is 7.36. The number of hydrogen-bond donors (Lipinski definition) is 1. The summed E-state index contributed by atoms with van der Waals surface area (Å²) in [6.45, 7) is 7.96. The molecule has 0 aliphatic heterocycles. The Bertz CT molecular complexity index is 767. The van der Waals surface area contributed by atoms with Crippen LogP contribution in [-0.4, -0.2) is 0 Å². The lowest BCUT2D eigenvalue weighted by Gasteiger charge is -2.04. The van der Waals surface area contributed by atoms with Gasteiger partial charge in [0.05, 0.1) is 11.4 Å². The molecular weight excluding hydrogens is 270 g/mol. The van der Waals surface area contributed by atoms with Crippen molar-refractivity contribution in [3.8, 4) is 0 Å². The van der Waals surface area contributed by atoms with E-state index in [1.165, 1.54) is 0 Å². The summed E-state index contributed by atoms with van der Waals surface area (Å²) >= 11 is 0. The minimum absolute atomic E-state index is 0.750. The zero-order valence-electron chi connectivity index (χ0n) is 13.1. The average molecular weight is 291 g/mol. The van der Waals surface area contributed by atoms with Gasteiger partial charge in [-0.25, -0.2) is 0 Å². The fourth-order valence-electron chi connectivity index (χ4n) is 2.01. The molecule has 0 aliphatic carbocycles. The molecule has 0 saturated heterocycles. The number of nitrogens with zero attached hydrogens (tertiary/aromatic N) is 2.